The van der Waals surface area contributed by atoms with E-state index < -0.39 is 5.97 Å². The number of aromatic carboxylic acids is 1. The van der Waals surface area contributed by atoms with E-state index in [-0.39, 0.29) is 11.5 Å². The zero-order chi connectivity index (χ0) is 25.2. The summed E-state index contributed by atoms with van der Waals surface area (Å²) in [6, 6.07) is 24.2. The predicted octanol–water partition coefficient (Wildman–Crippen LogP) is 6.29. The van der Waals surface area contributed by atoms with Gasteiger partial charge in [-0.2, -0.15) is 0 Å². The number of rotatable bonds is 7. The van der Waals surface area contributed by atoms with Crippen molar-refractivity contribution in [3.63, 3.8) is 0 Å². The van der Waals surface area contributed by atoms with Gasteiger partial charge in [0.25, 0.3) is 5.91 Å². The van der Waals surface area contributed by atoms with Crippen molar-refractivity contribution in [2.45, 2.75) is 13.5 Å². The number of aryl methyl sites for hydroxylation is 1. The fourth-order valence-electron chi connectivity index (χ4n) is 4.33. The van der Waals surface area contributed by atoms with Gasteiger partial charge in [-0.15, -0.1) is 0 Å². The van der Waals surface area contributed by atoms with Gasteiger partial charge < -0.3 is 19.3 Å². The van der Waals surface area contributed by atoms with E-state index in [4.69, 9.17) is 16.3 Å². The first-order chi connectivity index (χ1) is 17.4. The number of nitrogens with zero attached hydrogens (tertiary/aromatic N) is 2. The second-order valence-electron chi connectivity index (χ2n) is 8.50. The lowest BCUT2D eigenvalue weighted by molar-refractivity contribution is -0.113. The molecule has 36 heavy (non-hydrogen) atoms. The largest absolute Gasteiger partial charge is 0.488 e. The minimum Gasteiger partial charge on any atom is -0.488 e. The standard InChI is InChI=1S/C29H23ClN2O4/c1-19-9-11-26(25-16-22(30)10-12-27(25)36-18-20-6-3-2-4-7-20)32(19)24-15-21(29(34)35)14-23(17-24)31-13-5-8-28(31)33/h2-12,14-17H,13,18H2,1H3,(H,34,35). The fraction of sp³-hybridized carbons (Fsp3) is 0.103. The van der Waals surface area contributed by atoms with Gasteiger partial charge in [-0.05, 0) is 61.0 Å². The molecule has 4 aromatic rings. The summed E-state index contributed by atoms with van der Waals surface area (Å²) in [7, 11) is 0. The molecule has 0 saturated heterocycles. The highest BCUT2D eigenvalue weighted by Crippen LogP contribution is 2.37. The third-order valence-corrected chi connectivity index (χ3v) is 6.30. The van der Waals surface area contributed by atoms with Crippen molar-refractivity contribution in [3.8, 4) is 22.7 Å². The van der Waals surface area contributed by atoms with Crippen LogP contribution < -0.4 is 9.64 Å². The first-order valence-electron chi connectivity index (χ1n) is 11.4. The molecule has 1 aromatic heterocycles. The number of hydrogen-bond donors (Lipinski definition) is 1. The molecular weight excluding hydrogens is 476 g/mol. The number of carboxylic acids is 1. The topological polar surface area (TPSA) is 71.8 Å². The summed E-state index contributed by atoms with van der Waals surface area (Å²) in [5.74, 6) is -0.603. The predicted molar refractivity (Wildman–Crippen MR) is 140 cm³/mol. The normalized spacial score (nSPS) is 12.8. The molecule has 0 radical (unpaired) electrons. The van der Waals surface area contributed by atoms with Gasteiger partial charge in [0.2, 0.25) is 0 Å². The Kier molecular flexibility index (Phi) is 6.36. The number of hydrogen-bond acceptors (Lipinski definition) is 3. The molecule has 0 unspecified atom stereocenters. The average molecular weight is 499 g/mol. The molecule has 0 saturated carbocycles. The molecule has 1 amide bonds. The summed E-state index contributed by atoms with van der Waals surface area (Å²) in [4.78, 5) is 25.8. The first-order valence-corrected chi connectivity index (χ1v) is 11.8. The van der Waals surface area contributed by atoms with Gasteiger partial charge >= 0.3 is 5.97 Å². The molecule has 5 rings (SSSR count). The quantitative estimate of drug-likeness (QED) is 0.325. The Balaban J connectivity index is 1.61. The molecule has 0 atom stereocenters. The Labute approximate surface area is 213 Å². The van der Waals surface area contributed by atoms with E-state index in [0.717, 1.165) is 22.5 Å². The van der Waals surface area contributed by atoms with Gasteiger partial charge in [-0.1, -0.05) is 48.0 Å². The third kappa shape index (κ3) is 4.63. The monoisotopic (exact) mass is 498 g/mol. The van der Waals surface area contributed by atoms with E-state index >= 15 is 0 Å². The minimum atomic E-state index is -1.07. The van der Waals surface area contributed by atoms with Crippen LogP contribution in [0.2, 0.25) is 5.02 Å². The number of ether oxygens (including phenoxy) is 1. The van der Waals surface area contributed by atoms with Crippen LogP contribution in [0.1, 0.15) is 21.6 Å². The van der Waals surface area contributed by atoms with Gasteiger partial charge in [0.1, 0.15) is 12.4 Å². The lowest BCUT2D eigenvalue weighted by atomic mass is 10.1. The number of carbonyl (C=O) groups is 2. The van der Waals surface area contributed by atoms with Gasteiger partial charge in [0.15, 0.2) is 0 Å². The van der Waals surface area contributed by atoms with Gasteiger partial charge in [0, 0.05) is 40.3 Å². The molecule has 0 spiro atoms. The van der Waals surface area contributed by atoms with Crippen LogP contribution in [0.15, 0.2) is 91.0 Å². The first kappa shape index (κ1) is 23.5. The molecule has 0 aliphatic carbocycles. The molecule has 3 aromatic carbocycles. The van der Waals surface area contributed by atoms with Crippen LogP contribution in [-0.2, 0) is 11.4 Å². The number of benzene rings is 3. The highest BCUT2D eigenvalue weighted by atomic mass is 35.5. The maximum atomic E-state index is 12.3. The van der Waals surface area contributed by atoms with Crippen LogP contribution in [0.5, 0.6) is 5.75 Å². The zero-order valence-corrected chi connectivity index (χ0v) is 20.3. The smallest absolute Gasteiger partial charge is 0.335 e. The van der Waals surface area contributed by atoms with Crippen LogP contribution in [-0.4, -0.2) is 28.1 Å². The fourth-order valence-corrected chi connectivity index (χ4v) is 4.50. The number of carboxylic acid groups (broad SMARTS) is 1. The maximum absolute atomic E-state index is 12.3. The molecule has 1 N–H and O–H groups in total. The van der Waals surface area contributed by atoms with Crippen LogP contribution in [0.4, 0.5) is 5.69 Å². The van der Waals surface area contributed by atoms with Gasteiger partial charge in [0.05, 0.1) is 11.3 Å². The Hall–Kier alpha value is -4.29. The van der Waals surface area contributed by atoms with Crippen molar-refractivity contribution in [2.75, 3.05) is 11.4 Å². The van der Waals surface area contributed by atoms with Crippen molar-refractivity contribution in [2.24, 2.45) is 0 Å². The highest BCUT2D eigenvalue weighted by molar-refractivity contribution is 6.31. The summed E-state index contributed by atoms with van der Waals surface area (Å²) in [5, 5.41) is 10.3. The van der Waals surface area contributed by atoms with Crippen molar-refractivity contribution in [1.82, 2.24) is 4.57 Å². The Morgan fingerprint density at radius 1 is 1.00 bits per heavy atom. The Morgan fingerprint density at radius 2 is 1.78 bits per heavy atom. The minimum absolute atomic E-state index is 0.0906. The second-order valence-corrected chi connectivity index (χ2v) is 8.94. The van der Waals surface area contributed by atoms with E-state index in [0.29, 0.717) is 35.3 Å². The van der Waals surface area contributed by atoms with Crippen molar-refractivity contribution in [1.29, 1.82) is 0 Å². The van der Waals surface area contributed by atoms with Crippen LogP contribution in [0.25, 0.3) is 16.9 Å². The van der Waals surface area contributed by atoms with Crippen LogP contribution in [0.3, 0.4) is 0 Å². The number of amides is 1. The lowest BCUT2D eigenvalue weighted by Gasteiger charge is -2.20. The van der Waals surface area contributed by atoms with E-state index in [1.807, 2.05) is 72.2 Å². The van der Waals surface area contributed by atoms with E-state index in [1.165, 1.54) is 12.1 Å². The molecule has 1 aliphatic rings. The summed E-state index contributed by atoms with van der Waals surface area (Å²) >= 11 is 6.39. The van der Waals surface area contributed by atoms with E-state index in [2.05, 4.69) is 0 Å². The Bertz CT molecular complexity index is 1490. The van der Waals surface area contributed by atoms with E-state index in [1.54, 1.807) is 23.1 Å². The van der Waals surface area contributed by atoms with E-state index in [9.17, 15) is 14.7 Å². The van der Waals surface area contributed by atoms with Crippen LogP contribution >= 0.6 is 11.6 Å². The van der Waals surface area contributed by atoms with Gasteiger partial charge in [-0.25, -0.2) is 4.79 Å². The second kappa shape index (κ2) is 9.76. The average Bonchev–Trinajstić information content (AvgIpc) is 3.48. The van der Waals surface area contributed by atoms with Gasteiger partial charge in [-0.3, -0.25) is 4.79 Å². The zero-order valence-electron chi connectivity index (χ0n) is 19.5. The molecule has 2 heterocycles. The molecule has 0 fully saturated rings. The molecule has 6 nitrogen and oxygen atoms in total. The number of aromatic nitrogens is 1. The van der Waals surface area contributed by atoms with Crippen molar-refractivity contribution in [3.05, 3.63) is 113 Å². The molecule has 1 aliphatic heterocycles. The summed E-state index contributed by atoms with van der Waals surface area (Å²) < 4.78 is 8.14. The lowest BCUT2D eigenvalue weighted by Crippen LogP contribution is -2.25. The molecular formula is C29H23ClN2O4. The summed E-state index contributed by atoms with van der Waals surface area (Å²) in [6.45, 7) is 2.72. The third-order valence-electron chi connectivity index (χ3n) is 6.06. The number of halogens is 1. The Morgan fingerprint density at radius 3 is 2.50 bits per heavy atom. The summed E-state index contributed by atoms with van der Waals surface area (Å²) in [5.41, 5.74) is 4.71. The molecule has 7 heteroatoms. The SMILES string of the molecule is Cc1ccc(-c2cc(Cl)ccc2OCc2ccccc2)n1-c1cc(C(=O)O)cc(N2CC=CC2=O)c1. The summed E-state index contributed by atoms with van der Waals surface area (Å²) in [6.07, 6.45) is 3.24. The maximum Gasteiger partial charge on any atom is 0.335 e. The highest BCUT2D eigenvalue weighted by Gasteiger charge is 2.21. The van der Waals surface area contributed by atoms with Crippen molar-refractivity contribution >= 4 is 29.2 Å². The molecule has 0 bridgehead atoms. The van der Waals surface area contributed by atoms with Crippen LogP contribution in [0, 0.1) is 6.92 Å². The van der Waals surface area contributed by atoms with Crippen molar-refractivity contribution < 1.29 is 19.4 Å². The molecule has 180 valence electrons. The number of carbonyl (C=O) groups excluding carboxylic acids is 1. The number of anilines is 1.